The van der Waals surface area contributed by atoms with Crippen molar-refractivity contribution >= 4 is 56.2 Å². The highest BCUT2D eigenvalue weighted by atomic mass is 32.1. The summed E-state index contributed by atoms with van der Waals surface area (Å²) in [4.78, 5) is 74.3. The number of piperidine rings is 2. The van der Waals surface area contributed by atoms with Crippen LogP contribution in [0.4, 0.5) is 9.59 Å². The number of aromatic amines is 2. The smallest absolute Gasteiger partial charge is 0.407 e. The molecule has 4 N–H and O–H groups in total. The van der Waals surface area contributed by atoms with E-state index in [0.29, 0.717) is 11.8 Å². The van der Waals surface area contributed by atoms with Crippen molar-refractivity contribution in [2.45, 2.75) is 102 Å². The summed E-state index contributed by atoms with van der Waals surface area (Å²) in [6.45, 7) is 7.73. The lowest BCUT2D eigenvalue weighted by molar-refractivity contribution is -0.140. The first-order valence-corrected chi connectivity index (χ1v) is 21.7. The number of alkyl carbamates (subject to hydrolysis) is 2. The maximum atomic E-state index is 14.0. The largest absolute Gasteiger partial charge is 0.453 e. The van der Waals surface area contributed by atoms with Crippen LogP contribution in [0.15, 0.2) is 48.8 Å². The van der Waals surface area contributed by atoms with Crippen molar-refractivity contribution < 1.29 is 28.7 Å². The Bertz CT molecular complexity index is 2440. The maximum absolute atomic E-state index is 14.0. The number of hydrogen-bond donors (Lipinski definition) is 4. The van der Waals surface area contributed by atoms with Gasteiger partial charge in [0.1, 0.15) is 23.7 Å². The van der Waals surface area contributed by atoms with Crippen LogP contribution in [0.2, 0.25) is 0 Å². The molecule has 2 aliphatic heterocycles. The van der Waals surface area contributed by atoms with Crippen LogP contribution in [0.5, 0.6) is 0 Å². The molecule has 2 saturated heterocycles. The molecule has 3 aromatic heterocycles. The van der Waals surface area contributed by atoms with Crippen molar-refractivity contribution in [1.29, 1.82) is 0 Å². The fraction of sp³-hybridized carbons (Fsp3) is 0.500. The summed E-state index contributed by atoms with van der Waals surface area (Å²) < 4.78 is 10.9. The highest BCUT2D eigenvalue weighted by Crippen LogP contribution is 2.52. The number of fused-ring (bicyclic) bond motifs is 7. The molecule has 14 nitrogen and oxygen atoms in total. The van der Waals surface area contributed by atoms with Gasteiger partial charge in [0, 0.05) is 22.3 Å². The number of methoxy groups -OCH3 is 2. The minimum Gasteiger partial charge on any atom is -0.453 e. The summed E-state index contributed by atoms with van der Waals surface area (Å²) in [6, 6.07) is 11.5. The average molecular weight is 821 g/mol. The molecule has 8 atom stereocenters. The van der Waals surface area contributed by atoms with Crippen molar-refractivity contribution in [1.82, 2.24) is 40.4 Å². The van der Waals surface area contributed by atoms with Gasteiger partial charge in [0.05, 0.1) is 55.0 Å². The lowest BCUT2D eigenvalue weighted by atomic mass is 9.95. The molecule has 2 saturated carbocycles. The zero-order valence-corrected chi connectivity index (χ0v) is 35.1. The molecule has 4 bridgehead atoms. The van der Waals surface area contributed by atoms with Crippen LogP contribution in [0.25, 0.3) is 42.7 Å². The third-order valence-corrected chi connectivity index (χ3v) is 14.5. The van der Waals surface area contributed by atoms with E-state index in [4.69, 9.17) is 19.4 Å². The van der Waals surface area contributed by atoms with Crippen molar-refractivity contribution in [3.63, 3.8) is 0 Å². The fourth-order valence-electron chi connectivity index (χ4n) is 10.4. The summed E-state index contributed by atoms with van der Waals surface area (Å²) in [6.07, 6.45) is 8.36. The normalized spacial score (nSPS) is 24.4. The van der Waals surface area contributed by atoms with Gasteiger partial charge >= 0.3 is 12.2 Å². The van der Waals surface area contributed by atoms with Gasteiger partial charge in [0.2, 0.25) is 11.8 Å². The number of hydrogen-bond acceptors (Lipinski definition) is 9. The van der Waals surface area contributed by atoms with Crippen LogP contribution < -0.4 is 10.6 Å². The Labute approximate surface area is 346 Å². The van der Waals surface area contributed by atoms with Crippen LogP contribution in [-0.2, 0) is 19.1 Å². The maximum Gasteiger partial charge on any atom is 0.407 e. The molecule has 2 aromatic carbocycles. The van der Waals surface area contributed by atoms with Gasteiger partial charge in [0.25, 0.3) is 0 Å². The predicted molar refractivity (Wildman–Crippen MR) is 224 cm³/mol. The zero-order valence-electron chi connectivity index (χ0n) is 34.3. The second-order valence-electron chi connectivity index (χ2n) is 17.4. The molecule has 15 heteroatoms. The van der Waals surface area contributed by atoms with Crippen LogP contribution in [0.1, 0.15) is 90.0 Å². The molecule has 0 spiro atoms. The van der Waals surface area contributed by atoms with Crippen molar-refractivity contribution in [2.24, 2.45) is 23.7 Å². The SMILES string of the molecule is COC(=O)N[C@H](C(=O)N1[C@@H]2CC[C@H](C2)[C@H]1c1ncc(-c2ccc3c(ccc4cc(-c5cnc([C@@H]6[C@H]7CC[C@@H](C7)N6C(=O)[C@@H](NC(=O)OC)C(C)C)[nH]5)sc43)c2)[nH]1)C(C)C. The molecule has 0 unspecified atom stereocenters. The van der Waals surface area contributed by atoms with E-state index in [9.17, 15) is 19.2 Å². The lowest BCUT2D eigenvalue weighted by Gasteiger charge is -2.37. The molecule has 5 heterocycles. The Morgan fingerprint density at radius 1 is 0.712 bits per heavy atom. The van der Waals surface area contributed by atoms with Crippen molar-refractivity contribution in [2.75, 3.05) is 14.2 Å². The molecule has 2 aliphatic carbocycles. The van der Waals surface area contributed by atoms with Gasteiger partial charge < -0.3 is 39.9 Å². The minimum atomic E-state index is -0.687. The molecular formula is C44H52N8O6S. The summed E-state index contributed by atoms with van der Waals surface area (Å²) in [5, 5.41) is 8.92. The third kappa shape index (κ3) is 6.80. The number of imidazole rings is 2. The number of benzene rings is 2. The highest BCUT2D eigenvalue weighted by Gasteiger charge is 2.53. The first kappa shape index (κ1) is 39.0. The van der Waals surface area contributed by atoms with Gasteiger partial charge in [-0.15, -0.1) is 11.3 Å². The first-order chi connectivity index (χ1) is 28.4. The Morgan fingerprint density at radius 3 is 1.78 bits per heavy atom. The summed E-state index contributed by atoms with van der Waals surface area (Å²) in [5.74, 6) is 1.77. The van der Waals surface area contributed by atoms with E-state index in [1.54, 1.807) is 11.3 Å². The predicted octanol–water partition coefficient (Wildman–Crippen LogP) is 7.70. The van der Waals surface area contributed by atoms with Gasteiger partial charge in [-0.2, -0.15) is 0 Å². The Hall–Kier alpha value is -5.44. The lowest BCUT2D eigenvalue weighted by Crippen LogP contribution is -2.54. The van der Waals surface area contributed by atoms with E-state index in [1.807, 2.05) is 49.9 Å². The van der Waals surface area contributed by atoms with Gasteiger partial charge in [-0.3, -0.25) is 9.59 Å². The summed E-state index contributed by atoms with van der Waals surface area (Å²) >= 11 is 1.71. The van der Waals surface area contributed by atoms with Gasteiger partial charge in [-0.1, -0.05) is 52.0 Å². The third-order valence-electron chi connectivity index (χ3n) is 13.3. The fourth-order valence-corrected chi connectivity index (χ4v) is 11.6. The number of nitrogens with one attached hydrogen (secondary N) is 4. The van der Waals surface area contributed by atoms with E-state index in [1.165, 1.54) is 18.9 Å². The quantitative estimate of drug-likeness (QED) is 0.111. The number of nitrogens with zero attached hydrogens (tertiary/aromatic N) is 4. The number of aromatic nitrogens is 4. The van der Waals surface area contributed by atoms with Crippen molar-refractivity contribution in [3.05, 3.63) is 60.4 Å². The molecule has 5 aromatic rings. The summed E-state index contributed by atoms with van der Waals surface area (Å²) in [7, 11) is 2.62. The van der Waals surface area contributed by atoms with E-state index in [-0.39, 0.29) is 47.8 Å². The van der Waals surface area contributed by atoms with Crippen LogP contribution in [-0.4, -0.2) is 92.1 Å². The minimum absolute atomic E-state index is 0.0907. The topological polar surface area (TPSA) is 175 Å². The van der Waals surface area contributed by atoms with Crippen LogP contribution in [0, 0.1) is 23.7 Å². The number of H-pyrrole nitrogens is 2. The molecule has 0 radical (unpaired) electrons. The molecule has 4 aliphatic rings. The average Bonchev–Trinajstić information content (AvgIpc) is 4.10. The monoisotopic (exact) mass is 820 g/mol. The number of rotatable bonds is 10. The van der Waals surface area contributed by atoms with Crippen LogP contribution in [0.3, 0.4) is 0 Å². The highest BCUT2D eigenvalue weighted by molar-refractivity contribution is 7.23. The number of thiophene rings is 1. The second kappa shape index (κ2) is 15.3. The van der Waals surface area contributed by atoms with E-state index < -0.39 is 24.3 Å². The number of ether oxygens (including phenoxy) is 2. The van der Waals surface area contributed by atoms with Crippen molar-refractivity contribution in [3.8, 4) is 21.8 Å². The molecule has 9 rings (SSSR count). The number of amides is 4. The summed E-state index contributed by atoms with van der Waals surface area (Å²) in [5.41, 5.74) is 2.80. The Balaban J connectivity index is 0.959. The standard InChI is InChI=1S/C44H52N8O6S/c1-21(2)34(49-43(55)57-5)41(53)51-28-12-9-25(16-28)36(51)39-45-19-31(47-39)24-11-14-30-23(15-24)7-8-27-18-33(59-38(27)30)32-20-46-40(48-32)37-26-10-13-29(17-26)52(37)42(54)35(22(3)4)50-44(56)58-6/h7-8,11,14-15,18-22,25-26,28-29,34-37H,9-10,12-13,16-17H2,1-6H3,(H,45,47)(H,46,48)(H,49,55)(H,50,56)/t25-,26+,28-,29+,34+,35+,36+,37+/m1/s1. The van der Waals surface area contributed by atoms with E-state index >= 15 is 0 Å². The van der Waals surface area contributed by atoms with Gasteiger partial charge in [-0.25, -0.2) is 19.6 Å². The first-order valence-electron chi connectivity index (χ1n) is 20.8. The Kier molecular flexibility index (Phi) is 10.1. The van der Waals surface area contributed by atoms with E-state index in [0.717, 1.165) is 88.2 Å². The molecular weight excluding hydrogens is 769 g/mol. The Morgan fingerprint density at radius 2 is 1.24 bits per heavy atom. The van der Waals surface area contributed by atoms with Gasteiger partial charge in [0.15, 0.2) is 0 Å². The molecule has 4 fully saturated rings. The number of carbonyl (C=O) groups excluding carboxylic acids is 4. The zero-order chi connectivity index (χ0) is 41.3. The van der Waals surface area contributed by atoms with E-state index in [2.05, 4.69) is 57.0 Å². The number of likely N-dealkylation sites (tertiary alicyclic amines) is 2. The van der Waals surface area contributed by atoms with Crippen LogP contribution >= 0.6 is 11.3 Å². The van der Waals surface area contributed by atoms with Gasteiger partial charge in [-0.05, 0) is 90.5 Å². The number of carbonyl (C=O) groups is 4. The second-order valence-corrected chi connectivity index (χ2v) is 18.5. The molecule has 310 valence electrons. The molecule has 4 amide bonds. The molecule has 59 heavy (non-hydrogen) atoms.